The van der Waals surface area contributed by atoms with E-state index in [4.69, 9.17) is 10.5 Å². The quantitative estimate of drug-likeness (QED) is 0.609. The van der Waals surface area contributed by atoms with Gasteiger partial charge in [0.05, 0.1) is 11.9 Å². The molecule has 142 valence electrons. The SMILES string of the molecule is NC(=O)c1ccc(CNC(=O)Nc2ccc(Oc3ccccc3F)nc2)cc1. The maximum atomic E-state index is 13.6. The van der Waals surface area contributed by atoms with Crippen LogP contribution in [0.4, 0.5) is 14.9 Å². The van der Waals surface area contributed by atoms with Crippen molar-refractivity contribution >= 4 is 17.6 Å². The van der Waals surface area contributed by atoms with E-state index in [2.05, 4.69) is 15.6 Å². The van der Waals surface area contributed by atoms with E-state index in [1.807, 2.05) is 0 Å². The Bertz CT molecular complexity index is 976. The van der Waals surface area contributed by atoms with Crippen molar-refractivity contribution in [1.82, 2.24) is 10.3 Å². The van der Waals surface area contributed by atoms with Crippen LogP contribution >= 0.6 is 0 Å². The molecule has 0 saturated heterocycles. The van der Waals surface area contributed by atoms with E-state index >= 15 is 0 Å². The third-order valence-electron chi connectivity index (χ3n) is 3.74. The lowest BCUT2D eigenvalue weighted by molar-refractivity contribution is 0.1000. The number of nitrogens with two attached hydrogens (primary N) is 1. The highest BCUT2D eigenvalue weighted by molar-refractivity contribution is 5.92. The highest BCUT2D eigenvalue weighted by atomic mass is 19.1. The lowest BCUT2D eigenvalue weighted by Crippen LogP contribution is -2.28. The topological polar surface area (TPSA) is 106 Å². The molecule has 0 unspecified atom stereocenters. The molecule has 3 rings (SSSR count). The number of amides is 3. The summed E-state index contributed by atoms with van der Waals surface area (Å²) in [7, 11) is 0. The fourth-order valence-electron chi connectivity index (χ4n) is 2.30. The van der Waals surface area contributed by atoms with Crippen LogP contribution in [0.15, 0.2) is 66.9 Å². The minimum atomic E-state index is -0.507. The van der Waals surface area contributed by atoms with Gasteiger partial charge in [-0.25, -0.2) is 14.2 Å². The van der Waals surface area contributed by atoms with Gasteiger partial charge in [-0.2, -0.15) is 0 Å². The predicted molar refractivity (Wildman–Crippen MR) is 102 cm³/mol. The normalized spacial score (nSPS) is 10.2. The molecule has 0 saturated carbocycles. The number of carbonyl (C=O) groups excluding carboxylic acids is 2. The van der Waals surface area contributed by atoms with Crippen LogP contribution in [0, 0.1) is 5.82 Å². The maximum Gasteiger partial charge on any atom is 0.319 e. The number of aromatic nitrogens is 1. The molecule has 0 spiro atoms. The van der Waals surface area contributed by atoms with Crippen LogP contribution in [0.1, 0.15) is 15.9 Å². The number of hydrogen-bond donors (Lipinski definition) is 3. The second-order valence-corrected chi connectivity index (χ2v) is 5.79. The first-order chi connectivity index (χ1) is 13.5. The number of anilines is 1. The van der Waals surface area contributed by atoms with Gasteiger partial charge in [0.1, 0.15) is 0 Å². The average Bonchev–Trinajstić information content (AvgIpc) is 2.70. The number of urea groups is 1. The molecule has 3 aromatic rings. The molecular formula is C20H17FN4O3. The van der Waals surface area contributed by atoms with Crippen molar-refractivity contribution in [2.75, 3.05) is 5.32 Å². The van der Waals surface area contributed by atoms with Crippen molar-refractivity contribution in [3.8, 4) is 11.6 Å². The summed E-state index contributed by atoms with van der Waals surface area (Å²) in [5.74, 6) is -0.733. The Hall–Kier alpha value is -3.94. The fourth-order valence-corrected chi connectivity index (χ4v) is 2.30. The van der Waals surface area contributed by atoms with Crippen LogP contribution in [0.5, 0.6) is 11.6 Å². The number of primary amides is 1. The molecule has 0 fully saturated rings. The molecular weight excluding hydrogens is 363 g/mol. The summed E-state index contributed by atoms with van der Waals surface area (Å²) in [5.41, 5.74) is 6.84. The Morgan fingerprint density at radius 3 is 2.43 bits per heavy atom. The number of ether oxygens (including phenoxy) is 1. The van der Waals surface area contributed by atoms with E-state index in [0.29, 0.717) is 11.3 Å². The number of pyridine rings is 1. The molecule has 7 nitrogen and oxygen atoms in total. The van der Waals surface area contributed by atoms with Crippen molar-refractivity contribution < 1.29 is 18.7 Å². The molecule has 3 amide bonds. The van der Waals surface area contributed by atoms with Gasteiger partial charge >= 0.3 is 6.03 Å². The minimum absolute atomic E-state index is 0.0656. The number of nitrogens with one attached hydrogen (secondary N) is 2. The third-order valence-corrected chi connectivity index (χ3v) is 3.74. The highest BCUT2D eigenvalue weighted by Crippen LogP contribution is 2.23. The van der Waals surface area contributed by atoms with Crippen molar-refractivity contribution in [2.45, 2.75) is 6.54 Å². The zero-order valence-corrected chi connectivity index (χ0v) is 14.7. The lowest BCUT2D eigenvalue weighted by atomic mass is 10.1. The number of nitrogens with zero attached hydrogens (tertiary/aromatic N) is 1. The second-order valence-electron chi connectivity index (χ2n) is 5.79. The molecule has 4 N–H and O–H groups in total. The van der Waals surface area contributed by atoms with Crippen molar-refractivity contribution in [1.29, 1.82) is 0 Å². The van der Waals surface area contributed by atoms with Crippen LogP contribution in [0.25, 0.3) is 0 Å². The Morgan fingerprint density at radius 2 is 1.79 bits per heavy atom. The Kier molecular flexibility index (Phi) is 5.81. The van der Waals surface area contributed by atoms with Gasteiger partial charge in [-0.05, 0) is 35.9 Å². The largest absolute Gasteiger partial charge is 0.436 e. The minimum Gasteiger partial charge on any atom is -0.436 e. The zero-order valence-electron chi connectivity index (χ0n) is 14.7. The molecule has 2 aromatic carbocycles. The van der Waals surface area contributed by atoms with Gasteiger partial charge in [-0.3, -0.25) is 4.79 Å². The predicted octanol–water partition coefficient (Wildman–Crippen LogP) is 3.43. The Balaban J connectivity index is 1.51. The first-order valence-electron chi connectivity index (χ1n) is 8.33. The number of halogens is 1. The number of hydrogen-bond acceptors (Lipinski definition) is 4. The van der Waals surface area contributed by atoms with E-state index in [-0.39, 0.29) is 18.2 Å². The van der Waals surface area contributed by atoms with E-state index in [9.17, 15) is 14.0 Å². The summed E-state index contributed by atoms with van der Waals surface area (Å²) >= 11 is 0. The molecule has 28 heavy (non-hydrogen) atoms. The summed E-state index contributed by atoms with van der Waals surface area (Å²) in [6, 6.07) is 15.3. The molecule has 8 heteroatoms. The van der Waals surface area contributed by atoms with Gasteiger partial charge in [0.25, 0.3) is 0 Å². The molecule has 0 bridgehead atoms. The smallest absolute Gasteiger partial charge is 0.319 e. The molecule has 1 heterocycles. The van der Waals surface area contributed by atoms with Gasteiger partial charge < -0.3 is 21.1 Å². The van der Waals surface area contributed by atoms with E-state index in [1.165, 1.54) is 24.4 Å². The summed E-state index contributed by atoms with van der Waals surface area (Å²) in [6.45, 7) is 0.271. The standard InChI is InChI=1S/C20H17FN4O3/c21-16-3-1-2-4-17(16)28-18-10-9-15(12-23-18)25-20(27)24-11-13-5-7-14(8-6-13)19(22)26/h1-10,12H,11H2,(H2,22,26)(H2,24,25,27). The average molecular weight is 380 g/mol. The molecule has 0 radical (unpaired) electrons. The number of benzene rings is 2. The van der Waals surface area contributed by atoms with E-state index < -0.39 is 17.8 Å². The summed E-state index contributed by atoms with van der Waals surface area (Å²) in [5, 5.41) is 5.31. The summed E-state index contributed by atoms with van der Waals surface area (Å²) < 4.78 is 18.9. The van der Waals surface area contributed by atoms with E-state index in [0.717, 1.165) is 5.56 Å². The second kappa shape index (κ2) is 8.63. The van der Waals surface area contributed by atoms with Crippen molar-refractivity contribution in [3.05, 3.63) is 83.8 Å². The molecule has 0 atom stereocenters. The molecule has 1 aromatic heterocycles. The van der Waals surface area contributed by atoms with Gasteiger partial charge in [-0.1, -0.05) is 24.3 Å². The van der Waals surface area contributed by atoms with Crippen LogP contribution in [-0.2, 0) is 6.54 Å². The maximum absolute atomic E-state index is 13.6. The summed E-state index contributed by atoms with van der Waals surface area (Å²) in [4.78, 5) is 27.0. The first kappa shape index (κ1) is 18.8. The summed E-state index contributed by atoms with van der Waals surface area (Å²) in [6.07, 6.45) is 1.40. The molecule has 0 aliphatic rings. The van der Waals surface area contributed by atoms with Crippen LogP contribution in [0.2, 0.25) is 0 Å². The van der Waals surface area contributed by atoms with Crippen molar-refractivity contribution in [2.24, 2.45) is 5.73 Å². The highest BCUT2D eigenvalue weighted by Gasteiger charge is 2.06. The first-order valence-corrected chi connectivity index (χ1v) is 8.33. The Labute approximate surface area is 160 Å². The number of rotatable bonds is 6. The van der Waals surface area contributed by atoms with Gasteiger partial charge in [0.2, 0.25) is 11.8 Å². The van der Waals surface area contributed by atoms with Gasteiger partial charge in [0, 0.05) is 18.2 Å². The molecule has 0 aliphatic carbocycles. The van der Waals surface area contributed by atoms with Crippen LogP contribution < -0.4 is 21.1 Å². The third kappa shape index (κ3) is 5.04. The zero-order chi connectivity index (χ0) is 19.9. The van der Waals surface area contributed by atoms with Crippen LogP contribution in [-0.4, -0.2) is 16.9 Å². The van der Waals surface area contributed by atoms with Crippen molar-refractivity contribution in [3.63, 3.8) is 0 Å². The number of para-hydroxylation sites is 1. The molecule has 0 aliphatic heterocycles. The fraction of sp³-hybridized carbons (Fsp3) is 0.0500. The lowest BCUT2D eigenvalue weighted by Gasteiger charge is -2.09. The van der Waals surface area contributed by atoms with Gasteiger partial charge in [0.15, 0.2) is 11.6 Å². The Morgan fingerprint density at radius 1 is 1.04 bits per heavy atom. The van der Waals surface area contributed by atoms with Gasteiger partial charge in [-0.15, -0.1) is 0 Å². The van der Waals surface area contributed by atoms with E-state index in [1.54, 1.807) is 42.5 Å². The van der Waals surface area contributed by atoms with Crippen LogP contribution in [0.3, 0.4) is 0 Å². The number of carbonyl (C=O) groups is 2. The monoisotopic (exact) mass is 380 g/mol.